The third-order valence-electron chi connectivity index (χ3n) is 4.30. The minimum absolute atomic E-state index is 0.275. The fourth-order valence-corrected chi connectivity index (χ4v) is 2.91. The first-order chi connectivity index (χ1) is 9.30. The number of amides is 1. The summed E-state index contributed by atoms with van der Waals surface area (Å²) >= 11 is 0. The van der Waals surface area contributed by atoms with Gasteiger partial charge in [-0.05, 0) is 26.2 Å². The van der Waals surface area contributed by atoms with Crippen molar-refractivity contribution in [2.75, 3.05) is 6.54 Å². The number of nitrogens with zero attached hydrogens (tertiary/aromatic N) is 3. The van der Waals surface area contributed by atoms with Gasteiger partial charge in [-0.2, -0.15) is 0 Å². The van der Waals surface area contributed by atoms with Crippen molar-refractivity contribution in [3.63, 3.8) is 0 Å². The van der Waals surface area contributed by atoms with Crippen molar-refractivity contribution in [1.29, 1.82) is 0 Å². The zero-order valence-corrected chi connectivity index (χ0v) is 13.4. The lowest BCUT2D eigenvalue weighted by molar-refractivity contribution is -0.140. The maximum atomic E-state index is 12.5. The molecule has 1 aromatic rings. The molecule has 0 aliphatic carbocycles. The van der Waals surface area contributed by atoms with Crippen molar-refractivity contribution in [3.05, 3.63) is 17.7 Å². The predicted molar refractivity (Wildman–Crippen MR) is 80.5 cm³/mol. The Balaban J connectivity index is 1.98. The molecule has 1 amide bonds. The Labute approximate surface area is 122 Å². The summed E-state index contributed by atoms with van der Waals surface area (Å²) in [6.07, 6.45) is 6.15. The van der Waals surface area contributed by atoms with Crippen LogP contribution >= 0.6 is 0 Å². The van der Waals surface area contributed by atoms with Gasteiger partial charge in [-0.3, -0.25) is 4.79 Å². The Morgan fingerprint density at radius 3 is 2.70 bits per heavy atom. The minimum Gasteiger partial charge on any atom is -0.339 e. The molecule has 1 saturated heterocycles. The Kier molecular flexibility index (Phi) is 4.21. The van der Waals surface area contributed by atoms with Crippen LogP contribution in [-0.4, -0.2) is 32.9 Å². The third kappa shape index (κ3) is 3.05. The second kappa shape index (κ2) is 5.58. The fraction of sp³-hybridized carbons (Fsp3) is 0.750. The van der Waals surface area contributed by atoms with E-state index in [1.807, 2.05) is 27.0 Å². The van der Waals surface area contributed by atoms with Crippen LogP contribution in [0.1, 0.15) is 51.6 Å². The van der Waals surface area contributed by atoms with Crippen molar-refractivity contribution in [2.45, 2.75) is 59.4 Å². The van der Waals surface area contributed by atoms with Gasteiger partial charge in [0.25, 0.3) is 0 Å². The molecule has 2 rings (SSSR count). The zero-order valence-electron chi connectivity index (χ0n) is 13.4. The van der Waals surface area contributed by atoms with Crippen LogP contribution in [0.25, 0.3) is 0 Å². The van der Waals surface area contributed by atoms with Crippen molar-refractivity contribution < 1.29 is 4.79 Å². The number of carbonyl (C=O) groups excluding carboxylic acids is 1. The summed E-state index contributed by atoms with van der Waals surface area (Å²) in [5.74, 6) is 1.41. The van der Waals surface area contributed by atoms with E-state index >= 15 is 0 Å². The molecule has 4 heteroatoms. The number of likely N-dealkylation sites (tertiary alicyclic amines) is 1. The van der Waals surface area contributed by atoms with Crippen LogP contribution in [-0.2, 0) is 18.3 Å². The first-order valence-corrected chi connectivity index (χ1v) is 7.59. The predicted octanol–water partition coefficient (Wildman–Crippen LogP) is 2.70. The molecule has 0 N–H and O–H groups in total. The molecule has 2 heterocycles. The number of aryl methyl sites for hydroxylation is 2. The molecule has 0 aromatic carbocycles. The minimum atomic E-state index is -0.275. The number of imidazole rings is 1. The van der Waals surface area contributed by atoms with E-state index in [9.17, 15) is 4.79 Å². The lowest BCUT2D eigenvalue weighted by Gasteiger charge is -2.31. The average molecular weight is 277 g/mol. The average Bonchev–Trinajstić information content (AvgIpc) is 2.94. The zero-order chi connectivity index (χ0) is 14.9. The Morgan fingerprint density at radius 1 is 1.45 bits per heavy atom. The van der Waals surface area contributed by atoms with Gasteiger partial charge in [0.1, 0.15) is 5.82 Å². The van der Waals surface area contributed by atoms with Gasteiger partial charge in [0.2, 0.25) is 5.91 Å². The lowest BCUT2D eigenvalue weighted by Crippen LogP contribution is -2.42. The van der Waals surface area contributed by atoms with E-state index in [-0.39, 0.29) is 11.3 Å². The molecular formula is C16H27N3O. The molecule has 1 fully saturated rings. The van der Waals surface area contributed by atoms with E-state index in [0.717, 1.165) is 38.1 Å². The summed E-state index contributed by atoms with van der Waals surface area (Å²) in [6.45, 7) is 9.01. The Hall–Kier alpha value is -1.32. The molecule has 1 aromatic heterocycles. The second-order valence-electron chi connectivity index (χ2n) is 6.96. The first kappa shape index (κ1) is 15.1. The maximum Gasteiger partial charge on any atom is 0.228 e. The summed E-state index contributed by atoms with van der Waals surface area (Å²) in [5, 5.41) is 0. The van der Waals surface area contributed by atoms with Crippen molar-refractivity contribution in [2.24, 2.45) is 12.5 Å². The number of aromatic nitrogens is 2. The van der Waals surface area contributed by atoms with Crippen LogP contribution in [0.2, 0.25) is 0 Å². The van der Waals surface area contributed by atoms with E-state index in [4.69, 9.17) is 0 Å². The molecule has 0 spiro atoms. The largest absolute Gasteiger partial charge is 0.339 e. The van der Waals surface area contributed by atoms with Crippen molar-refractivity contribution in [1.82, 2.24) is 14.5 Å². The topological polar surface area (TPSA) is 38.1 Å². The molecule has 4 nitrogen and oxygen atoms in total. The van der Waals surface area contributed by atoms with Gasteiger partial charge in [0.15, 0.2) is 0 Å². The molecule has 0 radical (unpaired) electrons. The van der Waals surface area contributed by atoms with E-state index in [1.54, 1.807) is 0 Å². The smallest absolute Gasteiger partial charge is 0.228 e. The number of hydrogen-bond acceptors (Lipinski definition) is 2. The molecule has 1 unspecified atom stereocenters. The molecule has 1 aliphatic rings. The molecular weight excluding hydrogens is 250 g/mol. The third-order valence-corrected chi connectivity index (χ3v) is 4.30. The summed E-state index contributed by atoms with van der Waals surface area (Å²) in [7, 11) is 2.06. The second-order valence-corrected chi connectivity index (χ2v) is 6.96. The molecule has 112 valence electrons. The highest BCUT2D eigenvalue weighted by molar-refractivity contribution is 5.82. The van der Waals surface area contributed by atoms with Crippen molar-refractivity contribution in [3.8, 4) is 0 Å². The van der Waals surface area contributed by atoms with Gasteiger partial charge in [0, 0.05) is 43.4 Å². The van der Waals surface area contributed by atoms with Gasteiger partial charge < -0.3 is 9.47 Å². The van der Waals surface area contributed by atoms with E-state index < -0.39 is 0 Å². The van der Waals surface area contributed by atoms with Crippen LogP contribution in [0.5, 0.6) is 0 Å². The summed E-state index contributed by atoms with van der Waals surface area (Å²) in [4.78, 5) is 19.0. The van der Waals surface area contributed by atoms with Crippen LogP contribution in [0.4, 0.5) is 0 Å². The van der Waals surface area contributed by atoms with Gasteiger partial charge in [0.05, 0.1) is 0 Å². The van der Waals surface area contributed by atoms with Gasteiger partial charge in [-0.1, -0.05) is 20.8 Å². The number of carbonyl (C=O) groups is 1. The van der Waals surface area contributed by atoms with Crippen LogP contribution in [0.15, 0.2) is 6.20 Å². The number of rotatable bonds is 3. The monoisotopic (exact) mass is 277 g/mol. The van der Waals surface area contributed by atoms with Gasteiger partial charge >= 0.3 is 0 Å². The summed E-state index contributed by atoms with van der Waals surface area (Å²) in [5.41, 5.74) is 0.914. The highest BCUT2D eigenvalue weighted by atomic mass is 16.2. The molecule has 0 saturated carbocycles. The highest BCUT2D eigenvalue weighted by Crippen LogP contribution is 2.27. The molecule has 1 aliphatic heterocycles. The first-order valence-electron chi connectivity index (χ1n) is 7.59. The Morgan fingerprint density at radius 2 is 2.15 bits per heavy atom. The summed E-state index contributed by atoms with van der Waals surface area (Å²) < 4.78 is 2.14. The van der Waals surface area contributed by atoms with Gasteiger partial charge in [-0.25, -0.2) is 4.98 Å². The lowest BCUT2D eigenvalue weighted by atomic mass is 9.94. The molecule has 0 bridgehead atoms. The van der Waals surface area contributed by atoms with E-state index in [1.165, 1.54) is 5.69 Å². The molecule has 20 heavy (non-hydrogen) atoms. The normalized spacial score (nSPS) is 19.6. The molecule has 1 atom stereocenters. The Bertz CT molecular complexity index is 484. The van der Waals surface area contributed by atoms with E-state index in [2.05, 4.69) is 28.4 Å². The van der Waals surface area contributed by atoms with Crippen molar-refractivity contribution >= 4 is 5.91 Å². The SMILES string of the molecule is Cc1cnc(CCC2CCCN2C(=O)C(C)(C)C)n1C. The number of hydrogen-bond donors (Lipinski definition) is 0. The maximum absolute atomic E-state index is 12.5. The van der Waals surface area contributed by atoms with Crippen LogP contribution in [0, 0.1) is 12.3 Å². The fourth-order valence-electron chi connectivity index (χ4n) is 2.91. The standard InChI is InChI=1S/C16H27N3O/c1-12-11-17-14(18(12)5)9-8-13-7-6-10-19(13)15(20)16(2,3)4/h11,13H,6-10H2,1-5H3. The summed E-state index contributed by atoms with van der Waals surface area (Å²) in [6, 6.07) is 0.388. The van der Waals surface area contributed by atoms with Gasteiger partial charge in [-0.15, -0.1) is 0 Å². The van der Waals surface area contributed by atoms with Crippen LogP contribution < -0.4 is 0 Å². The highest BCUT2D eigenvalue weighted by Gasteiger charge is 2.34. The quantitative estimate of drug-likeness (QED) is 0.852. The van der Waals surface area contributed by atoms with E-state index in [0.29, 0.717) is 6.04 Å². The van der Waals surface area contributed by atoms with Crippen LogP contribution in [0.3, 0.4) is 0 Å².